The minimum absolute atomic E-state index is 0.161. The van der Waals surface area contributed by atoms with Gasteiger partial charge in [-0.15, -0.1) is 0 Å². The van der Waals surface area contributed by atoms with Crippen molar-refractivity contribution in [3.63, 3.8) is 0 Å². The number of para-hydroxylation sites is 2. The van der Waals surface area contributed by atoms with Gasteiger partial charge in [0, 0.05) is 45.9 Å². The van der Waals surface area contributed by atoms with E-state index in [2.05, 4.69) is 17.0 Å². The molecule has 0 radical (unpaired) electrons. The second kappa shape index (κ2) is 10.9. The molecule has 0 saturated carbocycles. The molecule has 10 nitrogen and oxygen atoms in total. The van der Waals surface area contributed by atoms with E-state index in [-0.39, 0.29) is 12.0 Å². The van der Waals surface area contributed by atoms with E-state index in [0.717, 1.165) is 84.8 Å². The average Bonchev–Trinajstić information content (AvgIpc) is 3.37. The zero-order valence-electron chi connectivity index (χ0n) is 22.8. The summed E-state index contributed by atoms with van der Waals surface area (Å²) in [5, 5.41) is 0. The summed E-state index contributed by atoms with van der Waals surface area (Å²) in [5.41, 5.74) is 4.45. The normalized spacial score (nSPS) is 17.7. The van der Waals surface area contributed by atoms with Crippen LogP contribution in [0.4, 0.5) is 5.82 Å². The molecule has 6 rings (SSSR count). The molecule has 5 heterocycles. The maximum atomic E-state index is 11.7. The fraction of sp³-hybridized carbons (Fsp3) is 0.483. The Hall–Kier alpha value is -3.63. The number of nitrogens with zero attached hydrogens (tertiary/aromatic N) is 7. The van der Waals surface area contributed by atoms with Gasteiger partial charge >= 0.3 is 0 Å². The first-order chi connectivity index (χ1) is 19.0. The highest BCUT2D eigenvalue weighted by Crippen LogP contribution is 2.30. The number of fused-ring (bicyclic) bond motifs is 2. The maximum Gasteiger partial charge on any atom is 0.238 e. The van der Waals surface area contributed by atoms with Gasteiger partial charge in [-0.1, -0.05) is 12.1 Å². The summed E-state index contributed by atoms with van der Waals surface area (Å²) in [6.07, 6.45) is 2.64. The topological polar surface area (TPSA) is 98.5 Å². The first kappa shape index (κ1) is 25.6. The molecule has 0 unspecified atom stereocenters. The lowest BCUT2D eigenvalue weighted by Gasteiger charge is -2.31. The van der Waals surface area contributed by atoms with Crippen LogP contribution in [0.15, 0.2) is 36.4 Å². The zero-order valence-corrected chi connectivity index (χ0v) is 22.8. The van der Waals surface area contributed by atoms with Crippen LogP contribution in [0.25, 0.3) is 28.0 Å². The van der Waals surface area contributed by atoms with Crippen molar-refractivity contribution in [1.82, 2.24) is 29.4 Å². The number of amides is 1. The van der Waals surface area contributed by atoms with E-state index in [1.165, 1.54) is 0 Å². The monoisotopic (exact) mass is 529 g/mol. The molecule has 10 heteroatoms. The van der Waals surface area contributed by atoms with Gasteiger partial charge in [0.05, 0.1) is 29.8 Å². The van der Waals surface area contributed by atoms with E-state index < -0.39 is 0 Å². The van der Waals surface area contributed by atoms with E-state index in [9.17, 15) is 4.79 Å². The lowest BCUT2D eigenvalue weighted by atomic mass is 9.92. The number of likely N-dealkylation sites (tertiary alicyclic amines) is 1. The lowest BCUT2D eigenvalue weighted by Crippen LogP contribution is -2.37. The smallest absolute Gasteiger partial charge is 0.238 e. The van der Waals surface area contributed by atoms with Crippen LogP contribution in [-0.2, 0) is 20.7 Å². The molecule has 0 aliphatic carbocycles. The molecular formula is C29H35N7O3. The Morgan fingerprint density at radius 3 is 2.51 bits per heavy atom. The SMILES string of the molecule is CO[C@@H](C)c1nc2ccccc2n1-c1nc(N2CCOCC2)c2nc(CC3CCN(C(C)=O)CC3)ccc2n1. The molecule has 4 aromatic rings. The number of piperidine rings is 1. The number of anilines is 1. The largest absolute Gasteiger partial charge is 0.378 e. The number of pyridine rings is 1. The van der Waals surface area contributed by atoms with Crippen LogP contribution >= 0.6 is 0 Å². The number of ether oxygens (including phenoxy) is 2. The second-order valence-electron chi connectivity index (χ2n) is 10.4. The summed E-state index contributed by atoms with van der Waals surface area (Å²) in [6, 6.07) is 12.2. The molecule has 2 fully saturated rings. The standard InChI is InChI=1S/C29H35N7O3/c1-19(38-3)27-31-23-6-4-5-7-25(23)36(27)29-32-24-9-8-22(18-21-10-12-34(13-11-21)20(2)37)30-26(24)28(33-29)35-14-16-39-17-15-35/h4-9,19,21H,10-18H2,1-3H3/t19-/m0/s1. The highest BCUT2D eigenvalue weighted by atomic mass is 16.5. The van der Waals surface area contributed by atoms with E-state index in [0.29, 0.717) is 25.1 Å². The maximum absolute atomic E-state index is 11.7. The third-order valence-corrected chi connectivity index (χ3v) is 7.94. The Labute approximate surface area is 228 Å². The van der Waals surface area contributed by atoms with Gasteiger partial charge in [-0.05, 0) is 56.4 Å². The molecule has 39 heavy (non-hydrogen) atoms. The molecule has 2 saturated heterocycles. The van der Waals surface area contributed by atoms with Crippen molar-refractivity contribution in [3.8, 4) is 5.95 Å². The van der Waals surface area contributed by atoms with Crippen molar-refractivity contribution in [1.29, 1.82) is 0 Å². The second-order valence-corrected chi connectivity index (χ2v) is 10.4. The number of aromatic nitrogens is 5. The summed E-state index contributed by atoms with van der Waals surface area (Å²) in [5.74, 6) is 2.80. The van der Waals surface area contributed by atoms with Crippen LogP contribution in [0.3, 0.4) is 0 Å². The van der Waals surface area contributed by atoms with Gasteiger partial charge in [-0.2, -0.15) is 4.98 Å². The highest BCUT2D eigenvalue weighted by molar-refractivity contribution is 5.87. The summed E-state index contributed by atoms with van der Waals surface area (Å²) in [6.45, 7) is 8.05. The van der Waals surface area contributed by atoms with Crippen LogP contribution in [0, 0.1) is 5.92 Å². The Morgan fingerprint density at radius 2 is 1.77 bits per heavy atom. The third kappa shape index (κ3) is 5.06. The molecule has 3 aromatic heterocycles. The fourth-order valence-electron chi connectivity index (χ4n) is 5.62. The van der Waals surface area contributed by atoms with Gasteiger partial charge < -0.3 is 19.3 Å². The van der Waals surface area contributed by atoms with Crippen LogP contribution in [-0.4, -0.2) is 81.8 Å². The first-order valence-electron chi connectivity index (χ1n) is 13.8. The number of carbonyl (C=O) groups excluding carboxylic acids is 1. The molecule has 0 spiro atoms. The van der Waals surface area contributed by atoms with Gasteiger partial charge in [0.15, 0.2) is 5.82 Å². The van der Waals surface area contributed by atoms with Crippen molar-refractivity contribution in [2.75, 3.05) is 51.4 Å². The Bertz CT molecular complexity index is 1490. The number of hydrogen-bond donors (Lipinski definition) is 0. The number of carbonyl (C=O) groups is 1. The summed E-state index contributed by atoms with van der Waals surface area (Å²) in [7, 11) is 1.68. The van der Waals surface area contributed by atoms with E-state index in [4.69, 9.17) is 29.4 Å². The Morgan fingerprint density at radius 1 is 1.00 bits per heavy atom. The highest BCUT2D eigenvalue weighted by Gasteiger charge is 2.25. The van der Waals surface area contributed by atoms with Gasteiger partial charge in [-0.3, -0.25) is 9.36 Å². The molecule has 1 atom stereocenters. The number of hydrogen-bond acceptors (Lipinski definition) is 8. The fourth-order valence-corrected chi connectivity index (χ4v) is 5.62. The molecular weight excluding hydrogens is 494 g/mol. The molecule has 0 bridgehead atoms. The van der Waals surface area contributed by atoms with Crippen LogP contribution in [0.2, 0.25) is 0 Å². The molecule has 2 aliphatic rings. The van der Waals surface area contributed by atoms with Gasteiger partial charge in [0.25, 0.3) is 0 Å². The van der Waals surface area contributed by atoms with Crippen molar-refractivity contribution in [2.45, 2.75) is 39.2 Å². The molecule has 1 amide bonds. The molecule has 1 aromatic carbocycles. The summed E-state index contributed by atoms with van der Waals surface area (Å²) < 4.78 is 13.3. The van der Waals surface area contributed by atoms with Crippen molar-refractivity contribution >= 4 is 33.8 Å². The first-order valence-corrected chi connectivity index (χ1v) is 13.8. The third-order valence-electron chi connectivity index (χ3n) is 7.94. The van der Waals surface area contributed by atoms with Crippen molar-refractivity contribution < 1.29 is 14.3 Å². The number of rotatable bonds is 6. The Kier molecular flexibility index (Phi) is 7.14. The average molecular weight is 530 g/mol. The van der Waals surface area contributed by atoms with Crippen molar-refractivity contribution in [3.05, 3.63) is 47.9 Å². The Balaban J connectivity index is 1.42. The van der Waals surface area contributed by atoms with Crippen LogP contribution in [0.1, 0.15) is 44.3 Å². The number of benzene rings is 1. The van der Waals surface area contributed by atoms with Gasteiger partial charge in [0.1, 0.15) is 17.4 Å². The molecule has 204 valence electrons. The van der Waals surface area contributed by atoms with Crippen LogP contribution < -0.4 is 4.90 Å². The molecule has 0 N–H and O–H groups in total. The van der Waals surface area contributed by atoms with E-state index >= 15 is 0 Å². The van der Waals surface area contributed by atoms with Gasteiger partial charge in [-0.25, -0.2) is 15.0 Å². The van der Waals surface area contributed by atoms with E-state index in [1.54, 1.807) is 14.0 Å². The zero-order chi connectivity index (χ0) is 26.9. The summed E-state index contributed by atoms with van der Waals surface area (Å²) in [4.78, 5) is 36.0. The van der Waals surface area contributed by atoms with Crippen molar-refractivity contribution in [2.24, 2.45) is 5.92 Å². The minimum atomic E-state index is -0.238. The number of morpholine rings is 1. The quantitative estimate of drug-likeness (QED) is 0.373. The number of imidazole rings is 1. The predicted octanol–water partition coefficient (Wildman–Crippen LogP) is 3.71. The van der Waals surface area contributed by atoms with Crippen LogP contribution in [0.5, 0.6) is 0 Å². The number of methoxy groups -OCH3 is 1. The lowest BCUT2D eigenvalue weighted by molar-refractivity contribution is -0.130. The summed E-state index contributed by atoms with van der Waals surface area (Å²) >= 11 is 0. The minimum Gasteiger partial charge on any atom is -0.378 e. The molecule has 2 aliphatic heterocycles. The predicted molar refractivity (Wildman–Crippen MR) is 149 cm³/mol. The van der Waals surface area contributed by atoms with E-state index in [1.807, 2.05) is 40.7 Å². The van der Waals surface area contributed by atoms with Gasteiger partial charge in [0.2, 0.25) is 11.9 Å².